The van der Waals surface area contributed by atoms with E-state index in [-0.39, 0.29) is 0 Å². The summed E-state index contributed by atoms with van der Waals surface area (Å²) in [5.74, 6) is 0.950. The molecule has 2 aromatic heterocycles. The van der Waals surface area contributed by atoms with Crippen LogP contribution in [0.3, 0.4) is 0 Å². The van der Waals surface area contributed by atoms with E-state index in [4.69, 9.17) is 0 Å². The van der Waals surface area contributed by atoms with Crippen LogP contribution in [0.25, 0.3) is 0 Å². The summed E-state index contributed by atoms with van der Waals surface area (Å²) in [5.41, 5.74) is 1.38. The van der Waals surface area contributed by atoms with E-state index >= 15 is 0 Å². The van der Waals surface area contributed by atoms with Crippen LogP contribution in [-0.4, -0.2) is 9.55 Å². The number of hydrogen-bond acceptors (Lipinski definition) is 3. The summed E-state index contributed by atoms with van der Waals surface area (Å²) in [6.45, 7) is 8.24. The second-order valence-electron chi connectivity index (χ2n) is 3.84. The number of nitrogens with zero attached hydrogens (tertiary/aromatic N) is 2. The van der Waals surface area contributed by atoms with Crippen molar-refractivity contribution in [3.8, 4) is 0 Å². The van der Waals surface area contributed by atoms with E-state index in [1.165, 1.54) is 15.3 Å². The number of thiophene rings is 1. The molecule has 0 aliphatic rings. The lowest BCUT2D eigenvalue weighted by atomic mass is 10.3. The molecule has 0 spiro atoms. The van der Waals surface area contributed by atoms with E-state index in [2.05, 4.69) is 41.7 Å². The lowest BCUT2D eigenvalue weighted by Crippen LogP contribution is -2.05. The number of hydrogen-bond donors (Lipinski definition) is 1. The maximum absolute atomic E-state index is 4.29. The molecule has 86 valence electrons. The fourth-order valence-corrected chi connectivity index (χ4v) is 2.63. The molecule has 16 heavy (non-hydrogen) atoms. The summed E-state index contributed by atoms with van der Waals surface area (Å²) in [7, 11) is 0. The van der Waals surface area contributed by atoms with E-state index in [0.29, 0.717) is 0 Å². The van der Waals surface area contributed by atoms with Crippen LogP contribution in [0.15, 0.2) is 18.5 Å². The number of anilines is 1. The zero-order valence-electron chi connectivity index (χ0n) is 9.95. The van der Waals surface area contributed by atoms with Gasteiger partial charge in [0.15, 0.2) is 0 Å². The van der Waals surface area contributed by atoms with Crippen molar-refractivity contribution in [3.05, 3.63) is 33.8 Å². The maximum atomic E-state index is 4.29. The molecule has 0 aliphatic heterocycles. The van der Waals surface area contributed by atoms with Crippen molar-refractivity contribution in [1.82, 2.24) is 9.55 Å². The molecule has 0 amide bonds. The average molecular weight is 235 g/mol. The SMILES string of the molecule is CCn1ccnc1NCc1cc(C)c(C)s1. The van der Waals surface area contributed by atoms with E-state index in [9.17, 15) is 0 Å². The summed E-state index contributed by atoms with van der Waals surface area (Å²) in [5, 5.41) is 3.36. The van der Waals surface area contributed by atoms with Gasteiger partial charge in [-0.3, -0.25) is 0 Å². The van der Waals surface area contributed by atoms with Crippen LogP contribution in [0.1, 0.15) is 22.2 Å². The van der Waals surface area contributed by atoms with Crippen LogP contribution in [0.5, 0.6) is 0 Å². The first kappa shape index (κ1) is 11.2. The summed E-state index contributed by atoms with van der Waals surface area (Å²) in [6, 6.07) is 2.24. The van der Waals surface area contributed by atoms with Crippen molar-refractivity contribution in [3.63, 3.8) is 0 Å². The van der Waals surface area contributed by atoms with Crippen molar-refractivity contribution >= 4 is 17.3 Å². The summed E-state index contributed by atoms with van der Waals surface area (Å²) >= 11 is 1.85. The molecular formula is C12H17N3S. The third-order valence-electron chi connectivity index (χ3n) is 2.69. The molecule has 0 saturated heterocycles. The van der Waals surface area contributed by atoms with Crippen LogP contribution in [-0.2, 0) is 13.1 Å². The van der Waals surface area contributed by atoms with Crippen molar-refractivity contribution in [2.24, 2.45) is 0 Å². The number of aryl methyl sites for hydroxylation is 3. The summed E-state index contributed by atoms with van der Waals surface area (Å²) < 4.78 is 2.10. The minimum absolute atomic E-state index is 0.858. The van der Waals surface area contributed by atoms with E-state index in [0.717, 1.165) is 19.0 Å². The molecule has 0 atom stereocenters. The van der Waals surface area contributed by atoms with Gasteiger partial charge in [-0.15, -0.1) is 11.3 Å². The normalized spacial score (nSPS) is 10.7. The Labute approximate surface area is 100 Å². The van der Waals surface area contributed by atoms with E-state index in [1.807, 2.05) is 23.7 Å². The fourth-order valence-electron chi connectivity index (χ4n) is 1.63. The summed E-state index contributed by atoms with van der Waals surface area (Å²) in [6.07, 6.45) is 3.82. The van der Waals surface area contributed by atoms with Gasteiger partial charge in [0.05, 0.1) is 6.54 Å². The molecule has 0 unspecified atom stereocenters. The largest absolute Gasteiger partial charge is 0.351 e. The Bertz CT molecular complexity index is 451. The molecule has 0 aliphatic carbocycles. The number of aromatic nitrogens is 2. The van der Waals surface area contributed by atoms with Gasteiger partial charge in [0.25, 0.3) is 0 Å². The number of rotatable bonds is 4. The maximum Gasteiger partial charge on any atom is 0.203 e. The van der Waals surface area contributed by atoms with Gasteiger partial charge in [0, 0.05) is 28.7 Å². The zero-order valence-corrected chi connectivity index (χ0v) is 10.8. The Balaban J connectivity index is 2.02. The molecule has 4 heteroatoms. The van der Waals surface area contributed by atoms with Gasteiger partial charge in [-0.05, 0) is 32.4 Å². The first-order chi connectivity index (χ1) is 7.70. The van der Waals surface area contributed by atoms with Gasteiger partial charge < -0.3 is 9.88 Å². The predicted molar refractivity (Wildman–Crippen MR) is 69.0 cm³/mol. The molecule has 3 nitrogen and oxygen atoms in total. The number of imidazole rings is 1. The molecule has 0 saturated carbocycles. The van der Waals surface area contributed by atoms with Gasteiger partial charge in [-0.25, -0.2) is 4.98 Å². The minimum Gasteiger partial charge on any atom is -0.351 e. The van der Waals surface area contributed by atoms with Gasteiger partial charge in [-0.1, -0.05) is 0 Å². The standard InChI is InChI=1S/C12H17N3S/c1-4-15-6-5-13-12(15)14-8-11-7-9(2)10(3)16-11/h5-7H,4,8H2,1-3H3,(H,13,14). The highest BCUT2D eigenvalue weighted by Crippen LogP contribution is 2.21. The highest BCUT2D eigenvalue weighted by molar-refractivity contribution is 7.12. The van der Waals surface area contributed by atoms with Gasteiger partial charge in [0.1, 0.15) is 0 Å². The predicted octanol–water partition coefficient (Wildman–Crippen LogP) is 3.19. The van der Waals surface area contributed by atoms with Crippen molar-refractivity contribution in [2.45, 2.75) is 33.9 Å². The van der Waals surface area contributed by atoms with E-state index in [1.54, 1.807) is 0 Å². The summed E-state index contributed by atoms with van der Waals surface area (Å²) in [4.78, 5) is 7.05. The molecule has 0 bridgehead atoms. The van der Waals surface area contributed by atoms with Crippen LogP contribution >= 0.6 is 11.3 Å². The Morgan fingerprint density at radius 1 is 1.44 bits per heavy atom. The van der Waals surface area contributed by atoms with Crippen molar-refractivity contribution in [2.75, 3.05) is 5.32 Å². The topological polar surface area (TPSA) is 29.9 Å². The van der Waals surface area contributed by atoms with Crippen molar-refractivity contribution in [1.29, 1.82) is 0 Å². The molecule has 0 fully saturated rings. The molecule has 0 radical (unpaired) electrons. The van der Waals surface area contributed by atoms with E-state index < -0.39 is 0 Å². The second kappa shape index (κ2) is 4.70. The molecule has 0 aromatic carbocycles. The Kier molecular flexibility index (Phi) is 3.29. The minimum atomic E-state index is 0.858. The van der Waals surface area contributed by atoms with Gasteiger partial charge in [0.2, 0.25) is 5.95 Å². The Hall–Kier alpha value is -1.29. The van der Waals surface area contributed by atoms with Crippen molar-refractivity contribution < 1.29 is 0 Å². The van der Waals surface area contributed by atoms with Crippen LogP contribution in [0, 0.1) is 13.8 Å². The highest BCUT2D eigenvalue weighted by atomic mass is 32.1. The van der Waals surface area contributed by atoms with Gasteiger partial charge >= 0.3 is 0 Å². The molecule has 1 N–H and O–H groups in total. The van der Waals surface area contributed by atoms with Crippen LogP contribution in [0.2, 0.25) is 0 Å². The molecule has 2 aromatic rings. The first-order valence-corrected chi connectivity index (χ1v) is 6.33. The van der Waals surface area contributed by atoms with Crippen LogP contribution < -0.4 is 5.32 Å². The zero-order chi connectivity index (χ0) is 11.5. The third kappa shape index (κ3) is 2.27. The number of nitrogens with one attached hydrogen (secondary N) is 1. The molecule has 2 heterocycles. The lowest BCUT2D eigenvalue weighted by Gasteiger charge is -2.06. The fraction of sp³-hybridized carbons (Fsp3) is 0.417. The Morgan fingerprint density at radius 2 is 2.25 bits per heavy atom. The Morgan fingerprint density at radius 3 is 2.88 bits per heavy atom. The van der Waals surface area contributed by atoms with Crippen LogP contribution in [0.4, 0.5) is 5.95 Å². The van der Waals surface area contributed by atoms with Gasteiger partial charge in [-0.2, -0.15) is 0 Å². The third-order valence-corrected chi connectivity index (χ3v) is 3.85. The molecule has 2 rings (SSSR count). The first-order valence-electron chi connectivity index (χ1n) is 5.51. The molecular weight excluding hydrogens is 218 g/mol. The smallest absolute Gasteiger partial charge is 0.203 e. The lowest BCUT2D eigenvalue weighted by molar-refractivity contribution is 0.764. The quantitative estimate of drug-likeness (QED) is 0.882. The second-order valence-corrected chi connectivity index (χ2v) is 5.18. The monoisotopic (exact) mass is 235 g/mol. The highest BCUT2D eigenvalue weighted by Gasteiger charge is 2.03. The average Bonchev–Trinajstić information content (AvgIpc) is 2.83.